The molecule has 25 heavy (non-hydrogen) atoms. The van der Waals surface area contributed by atoms with Crippen LogP contribution in [0.2, 0.25) is 0 Å². The van der Waals surface area contributed by atoms with Crippen molar-refractivity contribution in [3.63, 3.8) is 0 Å². The predicted octanol–water partition coefficient (Wildman–Crippen LogP) is 3.82. The molecule has 1 aliphatic rings. The second-order valence-corrected chi connectivity index (χ2v) is 6.40. The summed E-state index contributed by atoms with van der Waals surface area (Å²) in [7, 11) is 0. The van der Waals surface area contributed by atoms with Crippen LogP contribution in [-0.2, 0) is 6.54 Å². The van der Waals surface area contributed by atoms with Crippen LogP contribution in [0.25, 0.3) is 0 Å². The summed E-state index contributed by atoms with van der Waals surface area (Å²) in [4.78, 5) is 2.37. The molecule has 0 spiro atoms. The van der Waals surface area contributed by atoms with Crippen LogP contribution in [0, 0.1) is 11.7 Å². The fourth-order valence-corrected chi connectivity index (χ4v) is 3.58. The molecule has 2 aromatic rings. The summed E-state index contributed by atoms with van der Waals surface area (Å²) in [6.45, 7) is 5.65. The van der Waals surface area contributed by atoms with Crippen molar-refractivity contribution in [1.29, 1.82) is 0 Å². The van der Waals surface area contributed by atoms with E-state index in [2.05, 4.69) is 29.2 Å². The summed E-state index contributed by atoms with van der Waals surface area (Å²) in [6.07, 6.45) is 0. The van der Waals surface area contributed by atoms with Gasteiger partial charge in [0.25, 0.3) is 0 Å². The Kier molecular flexibility index (Phi) is 7.24. The zero-order chi connectivity index (χ0) is 16.9. The molecule has 0 saturated carbocycles. The summed E-state index contributed by atoms with van der Waals surface area (Å²) >= 11 is 0. The van der Waals surface area contributed by atoms with Crippen molar-refractivity contribution >= 4 is 12.4 Å². The molecule has 136 valence electrons. The van der Waals surface area contributed by atoms with Crippen LogP contribution in [-0.4, -0.2) is 31.1 Å². The molecule has 1 fully saturated rings. The normalized spacial score (nSPS) is 20.3. The van der Waals surface area contributed by atoms with E-state index in [1.807, 2.05) is 19.1 Å². The van der Waals surface area contributed by atoms with Gasteiger partial charge >= 0.3 is 0 Å². The number of halogens is 2. The second kappa shape index (κ2) is 9.18. The molecule has 2 atom stereocenters. The number of hydrogen-bond donors (Lipinski definition) is 1. The van der Waals surface area contributed by atoms with Crippen LogP contribution < -0.4 is 10.5 Å². The molecule has 1 aliphatic heterocycles. The lowest BCUT2D eigenvalue weighted by Gasteiger charge is -2.17. The van der Waals surface area contributed by atoms with Crippen LogP contribution in [0.15, 0.2) is 48.5 Å². The molecule has 3 rings (SSSR count). The van der Waals surface area contributed by atoms with Gasteiger partial charge in [-0.05, 0) is 42.6 Å². The molecule has 1 saturated heterocycles. The minimum absolute atomic E-state index is 0. The van der Waals surface area contributed by atoms with Crippen molar-refractivity contribution in [3.8, 4) is 5.75 Å². The smallest absolute Gasteiger partial charge is 0.165 e. The van der Waals surface area contributed by atoms with Crippen molar-refractivity contribution in [2.75, 3.05) is 26.2 Å². The third kappa shape index (κ3) is 4.72. The van der Waals surface area contributed by atoms with Crippen LogP contribution in [0.5, 0.6) is 5.75 Å². The van der Waals surface area contributed by atoms with Gasteiger partial charge in [-0.25, -0.2) is 4.39 Å². The average Bonchev–Trinajstić information content (AvgIpc) is 3.01. The molecule has 0 amide bonds. The Bertz CT molecular complexity index is 668. The van der Waals surface area contributed by atoms with E-state index in [0.717, 1.165) is 25.2 Å². The molecule has 0 radical (unpaired) electrons. The number of nitrogens with two attached hydrogens (primary N) is 1. The van der Waals surface area contributed by atoms with E-state index < -0.39 is 0 Å². The number of benzene rings is 2. The number of likely N-dealkylation sites (tertiary alicyclic amines) is 1. The molecular weight excluding hydrogens is 339 g/mol. The van der Waals surface area contributed by atoms with Crippen LogP contribution in [0.4, 0.5) is 4.39 Å². The number of nitrogens with zero attached hydrogens (tertiary/aromatic N) is 1. The topological polar surface area (TPSA) is 38.5 Å². The Morgan fingerprint density at radius 3 is 2.56 bits per heavy atom. The van der Waals surface area contributed by atoms with Crippen LogP contribution in [0.1, 0.15) is 24.0 Å². The predicted molar refractivity (Wildman–Crippen MR) is 102 cm³/mol. The Labute approximate surface area is 155 Å². The maximum atomic E-state index is 14.0. The van der Waals surface area contributed by atoms with Crippen molar-refractivity contribution in [2.45, 2.75) is 19.4 Å². The van der Waals surface area contributed by atoms with Gasteiger partial charge in [0.05, 0.1) is 6.61 Å². The SMILES string of the molecule is CCOc1ccc(CN2C[C@@H](CN)[C@H](c3ccccc3)C2)cc1F.Cl. The number of rotatable bonds is 6. The van der Waals surface area contributed by atoms with E-state index >= 15 is 0 Å². The van der Waals surface area contributed by atoms with E-state index in [0.29, 0.717) is 30.7 Å². The van der Waals surface area contributed by atoms with Gasteiger partial charge in [-0.2, -0.15) is 0 Å². The number of hydrogen-bond acceptors (Lipinski definition) is 3. The van der Waals surface area contributed by atoms with E-state index in [-0.39, 0.29) is 18.2 Å². The highest BCUT2D eigenvalue weighted by molar-refractivity contribution is 5.85. The summed E-state index contributed by atoms with van der Waals surface area (Å²) in [5.41, 5.74) is 8.30. The lowest BCUT2D eigenvalue weighted by Crippen LogP contribution is -2.23. The Balaban J connectivity index is 0.00000225. The first kappa shape index (κ1) is 19.7. The molecular formula is C20H26ClFN2O. The van der Waals surface area contributed by atoms with Crippen molar-refractivity contribution in [2.24, 2.45) is 11.7 Å². The van der Waals surface area contributed by atoms with E-state index in [4.69, 9.17) is 10.5 Å². The van der Waals surface area contributed by atoms with Gasteiger partial charge in [0.15, 0.2) is 11.6 Å². The monoisotopic (exact) mass is 364 g/mol. The first-order valence-electron chi connectivity index (χ1n) is 8.59. The molecule has 0 aromatic heterocycles. The molecule has 3 nitrogen and oxygen atoms in total. The maximum Gasteiger partial charge on any atom is 0.165 e. The second-order valence-electron chi connectivity index (χ2n) is 6.40. The van der Waals surface area contributed by atoms with Gasteiger partial charge < -0.3 is 10.5 Å². The van der Waals surface area contributed by atoms with Crippen molar-refractivity contribution < 1.29 is 9.13 Å². The Morgan fingerprint density at radius 2 is 1.92 bits per heavy atom. The maximum absolute atomic E-state index is 14.0. The Morgan fingerprint density at radius 1 is 1.16 bits per heavy atom. The van der Waals surface area contributed by atoms with E-state index in [1.54, 1.807) is 12.1 Å². The third-order valence-electron chi connectivity index (χ3n) is 4.75. The lowest BCUT2D eigenvalue weighted by molar-refractivity contribution is 0.311. The summed E-state index contributed by atoms with van der Waals surface area (Å²) in [6, 6.07) is 15.8. The van der Waals surface area contributed by atoms with Gasteiger partial charge in [-0.1, -0.05) is 36.4 Å². The zero-order valence-corrected chi connectivity index (χ0v) is 15.3. The fraction of sp³-hybridized carbons (Fsp3) is 0.400. The summed E-state index contributed by atoms with van der Waals surface area (Å²) in [5.74, 6) is 0.928. The molecule has 1 heterocycles. The summed E-state index contributed by atoms with van der Waals surface area (Å²) < 4.78 is 19.3. The van der Waals surface area contributed by atoms with Gasteiger partial charge in [0, 0.05) is 25.6 Å². The van der Waals surface area contributed by atoms with Crippen molar-refractivity contribution in [3.05, 3.63) is 65.5 Å². The number of ether oxygens (including phenoxy) is 1. The lowest BCUT2D eigenvalue weighted by atomic mass is 9.89. The largest absolute Gasteiger partial charge is 0.491 e. The average molecular weight is 365 g/mol. The minimum Gasteiger partial charge on any atom is -0.491 e. The van der Waals surface area contributed by atoms with Crippen molar-refractivity contribution in [1.82, 2.24) is 4.90 Å². The quantitative estimate of drug-likeness (QED) is 0.846. The van der Waals surface area contributed by atoms with Gasteiger partial charge in [-0.3, -0.25) is 4.90 Å². The van der Waals surface area contributed by atoms with Crippen LogP contribution in [0.3, 0.4) is 0 Å². The molecule has 2 aromatic carbocycles. The fourth-order valence-electron chi connectivity index (χ4n) is 3.58. The molecule has 2 N–H and O–H groups in total. The molecule has 0 bridgehead atoms. The molecule has 0 aliphatic carbocycles. The first-order chi connectivity index (χ1) is 11.7. The molecule has 5 heteroatoms. The van der Waals surface area contributed by atoms with Gasteiger partial charge in [0.2, 0.25) is 0 Å². The van der Waals surface area contributed by atoms with Gasteiger partial charge in [-0.15, -0.1) is 12.4 Å². The third-order valence-corrected chi connectivity index (χ3v) is 4.75. The minimum atomic E-state index is -0.288. The summed E-state index contributed by atoms with van der Waals surface area (Å²) in [5, 5.41) is 0. The van der Waals surface area contributed by atoms with Crippen LogP contribution >= 0.6 is 12.4 Å². The standard InChI is InChI=1S/C20H25FN2O.ClH/c1-2-24-20-9-8-15(10-19(20)21)12-23-13-17(11-22)18(14-23)16-6-4-3-5-7-16;/h3-10,17-18H,2,11-14,22H2,1H3;1H/t17-,18+;/m1./s1. The first-order valence-corrected chi connectivity index (χ1v) is 8.59. The highest BCUT2D eigenvalue weighted by Gasteiger charge is 2.32. The highest BCUT2D eigenvalue weighted by Crippen LogP contribution is 2.33. The highest BCUT2D eigenvalue weighted by atomic mass is 35.5. The van der Waals surface area contributed by atoms with E-state index in [1.165, 1.54) is 5.56 Å². The zero-order valence-electron chi connectivity index (χ0n) is 14.5. The Hall–Kier alpha value is -1.62. The van der Waals surface area contributed by atoms with Gasteiger partial charge in [0.1, 0.15) is 0 Å². The molecule has 0 unspecified atom stereocenters. The van der Waals surface area contributed by atoms with E-state index in [9.17, 15) is 4.39 Å².